The van der Waals surface area contributed by atoms with Crippen molar-refractivity contribution in [1.82, 2.24) is 5.32 Å². The SMILES string of the molecule is CCCC(C)(C)NC(=O)c1cccc(I)c1. The maximum absolute atomic E-state index is 12.0. The predicted octanol–water partition coefficient (Wildman–Crippen LogP) is 3.60. The van der Waals surface area contributed by atoms with Crippen molar-refractivity contribution < 1.29 is 4.79 Å². The van der Waals surface area contributed by atoms with Crippen molar-refractivity contribution >= 4 is 28.5 Å². The Balaban J connectivity index is 2.72. The van der Waals surface area contributed by atoms with Gasteiger partial charge in [-0.25, -0.2) is 0 Å². The van der Waals surface area contributed by atoms with Gasteiger partial charge in [0.25, 0.3) is 5.91 Å². The zero-order valence-corrected chi connectivity index (χ0v) is 12.2. The zero-order chi connectivity index (χ0) is 12.2. The van der Waals surface area contributed by atoms with Gasteiger partial charge in [0.2, 0.25) is 0 Å². The molecule has 2 nitrogen and oxygen atoms in total. The Kier molecular flexibility index (Phi) is 4.77. The molecule has 0 bridgehead atoms. The molecule has 0 spiro atoms. The molecule has 0 aliphatic heterocycles. The lowest BCUT2D eigenvalue weighted by Gasteiger charge is -2.25. The maximum Gasteiger partial charge on any atom is 0.251 e. The van der Waals surface area contributed by atoms with E-state index in [1.807, 2.05) is 24.3 Å². The average Bonchev–Trinajstić information content (AvgIpc) is 2.16. The first-order chi connectivity index (χ1) is 7.44. The largest absolute Gasteiger partial charge is 0.347 e. The Morgan fingerprint density at radius 1 is 1.44 bits per heavy atom. The van der Waals surface area contributed by atoms with Gasteiger partial charge in [-0.05, 0) is 61.1 Å². The maximum atomic E-state index is 12.0. The Labute approximate surface area is 111 Å². The number of rotatable bonds is 4. The van der Waals surface area contributed by atoms with Crippen LogP contribution in [0.15, 0.2) is 24.3 Å². The molecule has 1 amide bonds. The Bertz CT molecular complexity index is 374. The van der Waals surface area contributed by atoms with Crippen LogP contribution >= 0.6 is 22.6 Å². The van der Waals surface area contributed by atoms with Crippen LogP contribution < -0.4 is 5.32 Å². The van der Waals surface area contributed by atoms with Crippen molar-refractivity contribution in [1.29, 1.82) is 0 Å². The summed E-state index contributed by atoms with van der Waals surface area (Å²) in [5.41, 5.74) is 0.601. The van der Waals surface area contributed by atoms with E-state index in [1.54, 1.807) is 0 Å². The summed E-state index contributed by atoms with van der Waals surface area (Å²) in [7, 11) is 0. The second-order valence-corrected chi connectivity index (χ2v) is 5.84. The molecule has 0 aromatic heterocycles. The smallest absolute Gasteiger partial charge is 0.251 e. The quantitative estimate of drug-likeness (QED) is 0.839. The van der Waals surface area contributed by atoms with Crippen LogP contribution in [0.1, 0.15) is 44.0 Å². The van der Waals surface area contributed by atoms with Crippen molar-refractivity contribution in [2.45, 2.75) is 39.2 Å². The van der Waals surface area contributed by atoms with E-state index < -0.39 is 0 Å². The normalized spacial score (nSPS) is 11.2. The van der Waals surface area contributed by atoms with E-state index in [1.165, 1.54) is 0 Å². The monoisotopic (exact) mass is 331 g/mol. The minimum Gasteiger partial charge on any atom is -0.347 e. The third-order valence-corrected chi connectivity index (χ3v) is 3.08. The van der Waals surface area contributed by atoms with Gasteiger partial charge in [-0.15, -0.1) is 0 Å². The molecule has 0 fully saturated rings. The van der Waals surface area contributed by atoms with Gasteiger partial charge in [0.05, 0.1) is 0 Å². The van der Waals surface area contributed by atoms with Gasteiger partial charge in [0, 0.05) is 14.7 Å². The third-order valence-electron chi connectivity index (χ3n) is 2.41. The van der Waals surface area contributed by atoms with Gasteiger partial charge in [0.1, 0.15) is 0 Å². The molecule has 16 heavy (non-hydrogen) atoms. The fourth-order valence-electron chi connectivity index (χ4n) is 1.70. The molecule has 1 N–H and O–H groups in total. The standard InChI is InChI=1S/C13H18INO/c1-4-8-13(2,3)15-12(16)10-6-5-7-11(14)9-10/h5-7,9H,4,8H2,1-3H3,(H,15,16). The molecule has 0 heterocycles. The van der Waals surface area contributed by atoms with E-state index in [0.29, 0.717) is 0 Å². The molecular weight excluding hydrogens is 313 g/mol. The Morgan fingerprint density at radius 2 is 2.12 bits per heavy atom. The van der Waals surface area contributed by atoms with Gasteiger partial charge in [0.15, 0.2) is 0 Å². The highest BCUT2D eigenvalue weighted by molar-refractivity contribution is 14.1. The first-order valence-corrected chi connectivity index (χ1v) is 6.60. The molecule has 1 rings (SSSR count). The van der Waals surface area contributed by atoms with Crippen LogP contribution in [0.2, 0.25) is 0 Å². The summed E-state index contributed by atoms with van der Waals surface area (Å²) in [6, 6.07) is 7.63. The van der Waals surface area contributed by atoms with Crippen LogP contribution in [0, 0.1) is 3.57 Å². The minimum atomic E-state index is -0.132. The molecular formula is C13H18INO. The summed E-state index contributed by atoms with van der Waals surface area (Å²) < 4.78 is 1.08. The number of amides is 1. The molecule has 3 heteroatoms. The Hall–Kier alpha value is -0.580. The van der Waals surface area contributed by atoms with Crippen molar-refractivity contribution in [3.05, 3.63) is 33.4 Å². The van der Waals surface area contributed by atoms with Crippen molar-refractivity contribution in [2.75, 3.05) is 0 Å². The first-order valence-electron chi connectivity index (χ1n) is 5.53. The molecule has 0 saturated heterocycles. The molecule has 0 atom stereocenters. The summed E-state index contributed by atoms with van der Waals surface area (Å²) in [4.78, 5) is 12.0. The van der Waals surface area contributed by atoms with Crippen LogP contribution in [-0.4, -0.2) is 11.4 Å². The molecule has 0 aliphatic carbocycles. The lowest BCUT2D eigenvalue weighted by atomic mass is 9.98. The molecule has 88 valence electrons. The van der Waals surface area contributed by atoms with Crippen molar-refractivity contribution in [3.8, 4) is 0 Å². The van der Waals surface area contributed by atoms with Gasteiger partial charge < -0.3 is 5.32 Å². The van der Waals surface area contributed by atoms with Gasteiger partial charge in [-0.3, -0.25) is 4.79 Å². The minimum absolute atomic E-state index is 0.0111. The van der Waals surface area contributed by atoms with Crippen LogP contribution in [0.4, 0.5) is 0 Å². The Morgan fingerprint density at radius 3 is 2.69 bits per heavy atom. The molecule has 0 radical (unpaired) electrons. The van der Waals surface area contributed by atoms with Crippen LogP contribution in [0.3, 0.4) is 0 Å². The number of benzene rings is 1. The summed E-state index contributed by atoms with van der Waals surface area (Å²) in [5, 5.41) is 3.06. The second-order valence-electron chi connectivity index (χ2n) is 4.60. The highest BCUT2D eigenvalue weighted by atomic mass is 127. The molecule has 1 aromatic rings. The lowest BCUT2D eigenvalue weighted by Crippen LogP contribution is -2.43. The number of hydrogen-bond donors (Lipinski definition) is 1. The molecule has 0 aliphatic rings. The number of halogens is 1. The third kappa shape index (κ3) is 4.12. The summed E-state index contributed by atoms with van der Waals surface area (Å²) in [6.45, 7) is 6.24. The van der Waals surface area contributed by atoms with E-state index in [4.69, 9.17) is 0 Å². The van der Waals surface area contributed by atoms with E-state index in [2.05, 4.69) is 48.7 Å². The predicted molar refractivity (Wildman–Crippen MR) is 75.6 cm³/mol. The van der Waals surface area contributed by atoms with E-state index in [0.717, 1.165) is 22.0 Å². The average molecular weight is 331 g/mol. The van der Waals surface area contributed by atoms with Crippen LogP contribution in [0.5, 0.6) is 0 Å². The zero-order valence-electron chi connectivity index (χ0n) is 10.0. The highest BCUT2D eigenvalue weighted by Gasteiger charge is 2.19. The highest BCUT2D eigenvalue weighted by Crippen LogP contribution is 2.13. The fraction of sp³-hybridized carbons (Fsp3) is 0.462. The second kappa shape index (κ2) is 5.66. The number of carbonyl (C=O) groups is 1. The lowest BCUT2D eigenvalue weighted by molar-refractivity contribution is 0.0909. The number of carbonyl (C=O) groups excluding carboxylic acids is 1. The number of hydrogen-bond acceptors (Lipinski definition) is 1. The fourth-order valence-corrected chi connectivity index (χ4v) is 2.24. The van der Waals surface area contributed by atoms with Gasteiger partial charge >= 0.3 is 0 Å². The first kappa shape index (κ1) is 13.5. The van der Waals surface area contributed by atoms with Gasteiger partial charge in [-0.1, -0.05) is 19.4 Å². The molecule has 0 saturated carbocycles. The number of nitrogens with one attached hydrogen (secondary N) is 1. The van der Waals surface area contributed by atoms with E-state index in [-0.39, 0.29) is 11.4 Å². The molecule has 0 unspecified atom stereocenters. The summed E-state index contributed by atoms with van der Waals surface area (Å²) in [5.74, 6) is 0.0111. The summed E-state index contributed by atoms with van der Waals surface area (Å²) in [6.07, 6.45) is 2.06. The van der Waals surface area contributed by atoms with E-state index >= 15 is 0 Å². The van der Waals surface area contributed by atoms with Crippen LogP contribution in [0.25, 0.3) is 0 Å². The van der Waals surface area contributed by atoms with Crippen molar-refractivity contribution in [3.63, 3.8) is 0 Å². The van der Waals surface area contributed by atoms with Gasteiger partial charge in [-0.2, -0.15) is 0 Å². The van der Waals surface area contributed by atoms with E-state index in [9.17, 15) is 4.79 Å². The topological polar surface area (TPSA) is 29.1 Å². The molecule has 1 aromatic carbocycles. The summed E-state index contributed by atoms with van der Waals surface area (Å²) >= 11 is 2.21. The van der Waals surface area contributed by atoms with Crippen molar-refractivity contribution in [2.24, 2.45) is 0 Å². The van der Waals surface area contributed by atoms with Crippen LogP contribution in [-0.2, 0) is 0 Å².